The molecule has 3 atom stereocenters. The van der Waals surface area contributed by atoms with Gasteiger partial charge in [-0.15, -0.1) is 0 Å². The van der Waals surface area contributed by atoms with Crippen molar-refractivity contribution in [2.45, 2.75) is 32.6 Å². The number of carbonyl (C=O) groups is 2. The van der Waals surface area contributed by atoms with Crippen molar-refractivity contribution in [3.05, 3.63) is 26.6 Å². The maximum atomic E-state index is 12.1. The molecular weight excluding hydrogens is 426 g/mol. The van der Waals surface area contributed by atoms with Crippen LogP contribution >= 0.6 is 31.9 Å². The van der Waals surface area contributed by atoms with Crippen molar-refractivity contribution in [3.63, 3.8) is 0 Å². The summed E-state index contributed by atoms with van der Waals surface area (Å²) in [4.78, 5) is 24.2. The first-order chi connectivity index (χ1) is 10.9. The standard InChI is InChI=1S/C17H19Br2NO3/c1-9-4-13(18)16(14(19)5-9)20-15(21)8-23-17(22)12-7-10-2-3-11(12)6-10/h4-5,10-12H,2-3,6-8H2,1H3,(H,20,21). The van der Waals surface area contributed by atoms with Crippen LogP contribution in [0.2, 0.25) is 0 Å². The van der Waals surface area contributed by atoms with E-state index in [1.165, 1.54) is 6.42 Å². The molecule has 2 aliphatic rings. The van der Waals surface area contributed by atoms with E-state index < -0.39 is 0 Å². The Bertz CT molecular complexity index is 624. The lowest BCUT2D eigenvalue weighted by molar-refractivity contribution is -0.153. The monoisotopic (exact) mass is 443 g/mol. The molecule has 1 aromatic rings. The summed E-state index contributed by atoms with van der Waals surface area (Å²) in [6, 6.07) is 3.84. The molecule has 0 radical (unpaired) electrons. The van der Waals surface area contributed by atoms with Gasteiger partial charge in [-0.05, 0) is 87.6 Å². The number of amides is 1. The predicted molar refractivity (Wildman–Crippen MR) is 95.1 cm³/mol. The summed E-state index contributed by atoms with van der Waals surface area (Å²) >= 11 is 6.86. The first-order valence-corrected chi connectivity index (χ1v) is 9.44. The van der Waals surface area contributed by atoms with Gasteiger partial charge in [0.15, 0.2) is 6.61 Å². The highest BCUT2D eigenvalue weighted by atomic mass is 79.9. The number of carbonyl (C=O) groups excluding carboxylic acids is 2. The highest BCUT2D eigenvalue weighted by Crippen LogP contribution is 2.48. The van der Waals surface area contributed by atoms with Gasteiger partial charge < -0.3 is 10.1 Å². The Labute approximate surface area is 152 Å². The molecule has 2 aliphatic carbocycles. The van der Waals surface area contributed by atoms with Crippen molar-refractivity contribution < 1.29 is 14.3 Å². The Morgan fingerprint density at radius 2 is 1.91 bits per heavy atom. The Morgan fingerprint density at radius 3 is 2.48 bits per heavy atom. The molecule has 3 rings (SSSR count). The van der Waals surface area contributed by atoms with Crippen molar-refractivity contribution in [1.82, 2.24) is 0 Å². The number of halogens is 2. The van der Waals surface area contributed by atoms with Crippen molar-refractivity contribution >= 4 is 49.4 Å². The van der Waals surface area contributed by atoms with Crippen LogP contribution in [0.5, 0.6) is 0 Å². The van der Waals surface area contributed by atoms with E-state index in [9.17, 15) is 9.59 Å². The van der Waals surface area contributed by atoms with Crippen molar-refractivity contribution in [3.8, 4) is 0 Å². The largest absolute Gasteiger partial charge is 0.455 e. The van der Waals surface area contributed by atoms with Gasteiger partial charge in [-0.25, -0.2) is 0 Å². The van der Waals surface area contributed by atoms with Crippen LogP contribution in [0.4, 0.5) is 5.69 Å². The van der Waals surface area contributed by atoms with Crippen molar-refractivity contribution in [2.75, 3.05) is 11.9 Å². The molecule has 2 saturated carbocycles. The summed E-state index contributed by atoms with van der Waals surface area (Å²) in [5, 5.41) is 2.78. The fraction of sp³-hybridized carbons (Fsp3) is 0.529. The maximum Gasteiger partial charge on any atom is 0.309 e. The summed E-state index contributed by atoms with van der Waals surface area (Å²) in [5.74, 6) is 0.613. The van der Waals surface area contributed by atoms with Crippen LogP contribution < -0.4 is 5.32 Å². The highest BCUT2D eigenvalue weighted by Gasteiger charge is 2.43. The molecule has 0 aromatic heterocycles. The number of aryl methyl sites for hydroxylation is 1. The van der Waals surface area contributed by atoms with Gasteiger partial charge in [0.1, 0.15) is 0 Å². The molecule has 0 heterocycles. The third kappa shape index (κ3) is 3.79. The number of benzene rings is 1. The summed E-state index contributed by atoms with van der Waals surface area (Å²) in [6.45, 7) is 1.73. The maximum absolute atomic E-state index is 12.1. The molecule has 1 N–H and O–H groups in total. The number of esters is 1. The lowest BCUT2D eigenvalue weighted by Gasteiger charge is -2.19. The fourth-order valence-corrected chi connectivity index (χ4v) is 5.39. The minimum absolute atomic E-state index is 0.000558. The highest BCUT2D eigenvalue weighted by molar-refractivity contribution is 9.11. The van der Waals surface area contributed by atoms with Crippen LogP contribution in [0, 0.1) is 24.7 Å². The first-order valence-electron chi connectivity index (χ1n) is 7.86. The van der Waals surface area contributed by atoms with Gasteiger partial charge >= 0.3 is 5.97 Å². The normalized spacial score (nSPS) is 25.4. The molecule has 0 aliphatic heterocycles. The second kappa shape index (κ2) is 6.93. The molecule has 0 spiro atoms. The van der Waals surface area contributed by atoms with E-state index in [0.717, 1.165) is 33.8 Å². The lowest BCUT2D eigenvalue weighted by atomic mass is 9.89. The molecule has 1 aromatic carbocycles. The van der Waals surface area contributed by atoms with Gasteiger partial charge in [-0.3, -0.25) is 9.59 Å². The summed E-state index contributed by atoms with van der Waals surface area (Å²) < 4.78 is 6.81. The van der Waals surface area contributed by atoms with Crippen LogP contribution in [0.1, 0.15) is 31.2 Å². The van der Waals surface area contributed by atoms with E-state index in [4.69, 9.17) is 4.74 Å². The fourth-order valence-electron chi connectivity index (χ4n) is 3.77. The smallest absolute Gasteiger partial charge is 0.309 e. The number of anilines is 1. The van der Waals surface area contributed by atoms with Gasteiger partial charge in [0.2, 0.25) is 0 Å². The van der Waals surface area contributed by atoms with E-state index >= 15 is 0 Å². The Morgan fingerprint density at radius 1 is 1.22 bits per heavy atom. The molecular formula is C17H19Br2NO3. The van der Waals surface area contributed by atoms with Crippen molar-refractivity contribution in [1.29, 1.82) is 0 Å². The number of rotatable bonds is 4. The van der Waals surface area contributed by atoms with E-state index in [-0.39, 0.29) is 24.4 Å². The number of hydrogen-bond acceptors (Lipinski definition) is 3. The predicted octanol–water partition coefficient (Wildman–Crippen LogP) is 4.44. The molecule has 0 saturated heterocycles. The van der Waals surface area contributed by atoms with E-state index in [2.05, 4.69) is 37.2 Å². The Kier molecular flexibility index (Phi) is 5.11. The second-order valence-corrected chi connectivity index (χ2v) is 8.25. The van der Waals surface area contributed by atoms with Crippen LogP contribution in [0.25, 0.3) is 0 Å². The molecule has 1 amide bonds. The molecule has 2 bridgehead atoms. The molecule has 23 heavy (non-hydrogen) atoms. The van der Waals surface area contributed by atoms with Crippen LogP contribution in [-0.2, 0) is 14.3 Å². The van der Waals surface area contributed by atoms with Crippen LogP contribution in [0.15, 0.2) is 21.1 Å². The average molecular weight is 445 g/mol. The average Bonchev–Trinajstić information content (AvgIpc) is 3.11. The van der Waals surface area contributed by atoms with E-state index in [1.54, 1.807) is 0 Å². The summed E-state index contributed by atoms with van der Waals surface area (Å²) in [7, 11) is 0. The molecule has 3 unspecified atom stereocenters. The topological polar surface area (TPSA) is 55.4 Å². The lowest BCUT2D eigenvalue weighted by Crippen LogP contribution is -2.27. The van der Waals surface area contributed by atoms with Gasteiger partial charge in [0.05, 0.1) is 11.6 Å². The Hall–Kier alpha value is -0.880. The zero-order valence-corrected chi connectivity index (χ0v) is 16.1. The SMILES string of the molecule is Cc1cc(Br)c(NC(=O)COC(=O)C2CC3CCC2C3)c(Br)c1. The number of ether oxygens (including phenoxy) is 1. The number of hydrogen-bond donors (Lipinski definition) is 1. The Balaban J connectivity index is 1.53. The number of nitrogens with one attached hydrogen (secondary N) is 1. The zero-order valence-electron chi connectivity index (χ0n) is 12.9. The summed E-state index contributed by atoms with van der Waals surface area (Å²) in [6.07, 6.45) is 4.44. The second-order valence-electron chi connectivity index (χ2n) is 6.54. The number of fused-ring (bicyclic) bond motifs is 2. The molecule has 6 heteroatoms. The van der Waals surface area contributed by atoms with Crippen molar-refractivity contribution in [2.24, 2.45) is 17.8 Å². The van der Waals surface area contributed by atoms with E-state index in [1.807, 2.05) is 19.1 Å². The van der Waals surface area contributed by atoms with Crippen LogP contribution in [-0.4, -0.2) is 18.5 Å². The molecule has 2 fully saturated rings. The van der Waals surface area contributed by atoms with E-state index in [0.29, 0.717) is 17.5 Å². The minimum atomic E-state index is -0.327. The zero-order chi connectivity index (χ0) is 16.6. The minimum Gasteiger partial charge on any atom is -0.455 e. The summed E-state index contributed by atoms with van der Waals surface area (Å²) in [5.41, 5.74) is 1.72. The van der Waals surface area contributed by atoms with Crippen LogP contribution in [0.3, 0.4) is 0 Å². The molecule has 124 valence electrons. The van der Waals surface area contributed by atoms with Gasteiger partial charge in [0, 0.05) is 8.95 Å². The third-order valence-corrected chi connectivity index (χ3v) is 6.09. The van der Waals surface area contributed by atoms with Gasteiger partial charge in [0.25, 0.3) is 5.91 Å². The first kappa shape index (κ1) is 17.0. The molecule has 4 nitrogen and oxygen atoms in total. The quantitative estimate of drug-likeness (QED) is 0.698. The third-order valence-electron chi connectivity index (χ3n) is 4.84. The van der Waals surface area contributed by atoms with Gasteiger partial charge in [-0.1, -0.05) is 6.42 Å². The van der Waals surface area contributed by atoms with Gasteiger partial charge in [-0.2, -0.15) is 0 Å².